The molecule has 1 fully saturated rings. The van der Waals surface area contributed by atoms with Crippen LogP contribution < -0.4 is 20.3 Å². The minimum Gasteiger partial charge on any atom is -0.495 e. The Morgan fingerprint density at radius 3 is 2.25 bits per heavy atom. The summed E-state index contributed by atoms with van der Waals surface area (Å²) in [5.74, 6) is -0.202. The van der Waals surface area contributed by atoms with Crippen LogP contribution in [-0.2, 0) is 9.59 Å². The highest BCUT2D eigenvalue weighted by Gasteiger charge is 2.15. The monoisotopic (exact) mass is 382 g/mol. The third-order valence-electron chi connectivity index (χ3n) is 4.72. The van der Waals surface area contributed by atoms with Gasteiger partial charge in [0.05, 0.1) is 12.8 Å². The number of hydrogen-bond donors (Lipinski definition) is 2. The largest absolute Gasteiger partial charge is 0.495 e. The highest BCUT2D eigenvalue weighted by Crippen LogP contribution is 2.23. The van der Waals surface area contributed by atoms with E-state index in [1.54, 1.807) is 18.2 Å². The smallest absolute Gasteiger partial charge is 0.233 e. The van der Waals surface area contributed by atoms with E-state index in [0.29, 0.717) is 17.1 Å². The van der Waals surface area contributed by atoms with Crippen molar-refractivity contribution in [2.75, 3.05) is 55.9 Å². The Morgan fingerprint density at radius 2 is 1.57 bits per heavy atom. The van der Waals surface area contributed by atoms with E-state index in [0.717, 1.165) is 31.9 Å². The molecule has 0 saturated carbocycles. The first-order chi connectivity index (χ1) is 13.5. The van der Waals surface area contributed by atoms with Gasteiger partial charge < -0.3 is 25.2 Å². The second-order valence-corrected chi connectivity index (χ2v) is 6.81. The van der Waals surface area contributed by atoms with E-state index < -0.39 is 5.91 Å². The van der Waals surface area contributed by atoms with Crippen molar-refractivity contribution in [1.82, 2.24) is 4.90 Å². The first-order valence-corrected chi connectivity index (χ1v) is 9.31. The van der Waals surface area contributed by atoms with Crippen LogP contribution >= 0.6 is 0 Å². The first kappa shape index (κ1) is 19.7. The lowest BCUT2D eigenvalue weighted by molar-refractivity contribution is -0.123. The number of piperazine rings is 1. The van der Waals surface area contributed by atoms with Crippen molar-refractivity contribution in [3.63, 3.8) is 0 Å². The van der Waals surface area contributed by atoms with Crippen LogP contribution in [0.15, 0.2) is 48.5 Å². The zero-order chi connectivity index (χ0) is 19.9. The topological polar surface area (TPSA) is 73.9 Å². The van der Waals surface area contributed by atoms with Gasteiger partial charge in [-0.3, -0.25) is 9.59 Å². The molecule has 0 aliphatic carbocycles. The Labute approximate surface area is 165 Å². The number of likely N-dealkylation sites (N-methyl/N-ethyl adjacent to an activating group) is 1. The van der Waals surface area contributed by atoms with Gasteiger partial charge in [0.2, 0.25) is 11.8 Å². The molecule has 2 N–H and O–H groups in total. The van der Waals surface area contributed by atoms with Gasteiger partial charge in [0.25, 0.3) is 0 Å². The quantitative estimate of drug-likeness (QED) is 0.751. The average Bonchev–Trinajstić information content (AvgIpc) is 2.69. The Morgan fingerprint density at radius 1 is 0.929 bits per heavy atom. The molecule has 0 spiro atoms. The first-order valence-electron chi connectivity index (χ1n) is 9.31. The molecule has 2 amide bonds. The molecule has 1 heterocycles. The summed E-state index contributed by atoms with van der Waals surface area (Å²) in [5.41, 5.74) is 2.35. The maximum atomic E-state index is 12.2. The summed E-state index contributed by atoms with van der Waals surface area (Å²) in [5, 5.41) is 5.47. The molecule has 0 unspecified atom stereocenters. The minimum atomic E-state index is -0.393. The Bertz CT molecular complexity index is 815. The van der Waals surface area contributed by atoms with Gasteiger partial charge in [-0.1, -0.05) is 12.1 Å². The molecule has 1 aliphatic rings. The number of nitrogens with zero attached hydrogens (tertiary/aromatic N) is 2. The molecule has 0 radical (unpaired) electrons. The zero-order valence-corrected chi connectivity index (χ0v) is 16.3. The van der Waals surface area contributed by atoms with Crippen molar-refractivity contribution in [3.05, 3.63) is 48.5 Å². The highest BCUT2D eigenvalue weighted by atomic mass is 16.5. The van der Waals surface area contributed by atoms with Gasteiger partial charge in [-0.05, 0) is 43.4 Å². The van der Waals surface area contributed by atoms with Crippen LogP contribution in [0.25, 0.3) is 0 Å². The van der Waals surface area contributed by atoms with Gasteiger partial charge in [-0.25, -0.2) is 0 Å². The number of amides is 2. The molecule has 7 heteroatoms. The minimum absolute atomic E-state index is 0.266. The van der Waals surface area contributed by atoms with Crippen molar-refractivity contribution in [3.8, 4) is 5.75 Å². The maximum absolute atomic E-state index is 12.2. The number of anilines is 3. The van der Waals surface area contributed by atoms with Crippen LogP contribution in [0.4, 0.5) is 17.1 Å². The number of para-hydroxylation sites is 2. The maximum Gasteiger partial charge on any atom is 0.233 e. The fourth-order valence-corrected chi connectivity index (χ4v) is 3.11. The standard InChI is InChI=1S/C21H26N4O3/c1-24-11-13-25(14-12-24)17-9-7-16(8-10-17)22-20(26)15-21(27)23-18-5-3-4-6-19(18)28-2/h3-10H,11-15H2,1-2H3,(H,22,26)(H,23,27). The summed E-state index contributed by atoms with van der Waals surface area (Å²) in [7, 11) is 3.66. The van der Waals surface area contributed by atoms with E-state index in [2.05, 4.69) is 27.5 Å². The number of rotatable bonds is 6. The van der Waals surface area contributed by atoms with Crippen LogP contribution in [0.5, 0.6) is 5.75 Å². The molecule has 28 heavy (non-hydrogen) atoms. The molecule has 2 aromatic carbocycles. The highest BCUT2D eigenvalue weighted by molar-refractivity contribution is 6.08. The fraction of sp³-hybridized carbons (Fsp3) is 0.333. The number of ether oxygens (including phenoxy) is 1. The second-order valence-electron chi connectivity index (χ2n) is 6.81. The van der Waals surface area contributed by atoms with Gasteiger partial charge in [0.1, 0.15) is 12.2 Å². The van der Waals surface area contributed by atoms with Crippen molar-refractivity contribution < 1.29 is 14.3 Å². The Balaban J connectivity index is 1.51. The molecule has 7 nitrogen and oxygen atoms in total. The predicted octanol–water partition coefficient (Wildman–Crippen LogP) is 2.41. The molecule has 1 aliphatic heterocycles. The van der Waals surface area contributed by atoms with Crippen LogP contribution in [-0.4, -0.2) is 57.1 Å². The lowest BCUT2D eigenvalue weighted by Gasteiger charge is -2.34. The van der Waals surface area contributed by atoms with Crippen molar-refractivity contribution in [2.45, 2.75) is 6.42 Å². The van der Waals surface area contributed by atoms with E-state index in [-0.39, 0.29) is 12.3 Å². The summed E-state index contributed by atoms with van der Waals surface area (Å²) >= 11 is 0. The van der Waals surface area contributed by atoms with Crippen LogP contribution in [0.1, 0.15) is 6.42 Å². The Kier molecular flexibility index (Phi) is 6.49. The summed E-state index contributed by atoms with van der Waals surface area (Å²) in [6.07, 6.45) is -0.266. The molecular formula is C21H26N4O3. The van der Waals surface area contributed by atoms with Crippen LogP contribution in [0, 0.1) is 0 Å². The van der Waals surface area contributed by atoms with E-state index in [1.165, 1.54) is 7.11 Å². The van der Waals surface area contributed by atoms with E-state index in [1.807, 2.05) is 30.3 Å². The lowest BCUT2D eigenvalue weighted by atomic mass is 10.2. The summed E-state index contributed by atoms with van der Waals surface area (Å²) in [6, 6.07) is 14.8. The molecule has 0 aromatic heterocycles. The van der Waals surface area contributed by atoms with Crippen molar-refractivity contribution >= 4 is 28.9 Å². The second kappa shape index (κ2) is 9.23. The summed E-state index contributed by atoms with van der Waals surface area (Å²) < 4.78 is 5.19. The molecule has 148 valence electrons. The van der Waals surface area contributed by atoms with Gasteiger partial charge in [0, 0.05) is 37.6 Å². The van der Waals surface area contributed by atoms with Crippen LogP contribution in [0.2, 0.25) is 0 Å². The van der Waals surface area contributed by atoms with Gasteiger partial charge in [-0.15, -0.1) is 0 Å². The third-order valence-corrected chi connectivity index (χ3v) is 4.72. The van der Waals surface area contributed by atoms with Crippen molar-refractivity contribution in [1.29, 1.82) is 0 Å². The van der Waals surface area contributed by atoms with Crippen molar-refractivity contribution in [2.24, 2.45) is 0 Å². The summed E-state index contributed by atoms with van der Waals surface area (Å²) in [4.78, 5) is 28.9. The van der Waals surface area contributed by atoms with Crippen LogP contribution in [0.3, 0.4) is 0 Å². The zero-order valence-electron chi connectivity index (χ0n) is 16.3. The predicted molar refractivity (Wildman–Crippen MR) is 111 cm³/mol. The van der Waals surface area contributed by atoms with Gasteiger partial charge in [0.15, 0.2) is 0 Å². The molecule has 0 bridgehead atoms. The van der Waals surface area contributed by atoms with Gasteiger partial charge >= 0.3 is 0 Å². The normalized spacial score (nSPS) is 14.4. The number of methoxy groups -OCH3 is 1. The Hall–Kier alpha value is -3.06. The number of carbonyl (C=O) groups is 2. The summed E-state index contributed by atoms with van der Waals surface area (Å²) in [6.45, 7) is 4.07. The molecule has 2 aromatic rings. The fourth-order valence-electron chi connectivity index (χ4n) is 3.11. The van der Waals surface area contributed by atoms with E-state index >= 15 is 0 Å². The molecule has 1 saturated heterocycles. The third kappa shape index (κ3) is 5.23. The molecule has 3 rings (SSSR count). The SMILES string of the molecule is COc1ccccc1NC(=O)CC(=O)Nc1ccc(N2CCN(C)CC2)cc1. The molecule has 0 atom stereocenters. The molecular weight excluding hydrogens is 356 g/mol. The van der Waals surface area contributed by atoms with Gasteiger partial charge in [-0.2, -0.15) is 0 Å². The average molecular weight is 382 g/mol. The number of hydrogen-bond acceptors (Lipinski definition) is 5. The number of carbonyl (C=O) groups excluding carboxylic acids is 2. The number of nitrogens with one attached hydrogen (secondary N) is 2. The number of benzene rings is 2. The lowest BCUT2D eigenvalue weighted by Crippen LogP contribution is -2.44. The van der Waals surface area contributed by atoms with E-state index in [4.69, 9.17) is 4.74 Å². The van der Waals surface area contributed by atoms with E-state index in [9.17, 15) is 9.59 Å².